The molecule has 0 radical (unpaired) electrons. The lowest BCUT2D eigenvalue weighted by molar-refractivity contribution is -0.119. The van der Waals surface area contributed by atoms with Crippen molar-refractivity contribution >= 4 is 11.8 Å². The van der Waals surface area contributed by atoms with Gasteiger partial charge in [0.2, 0.25) is 5.91 Å². The highest BCUT2D eigenvalue weighted by Gasteiger charge is 2.21. The Kier molecular flexibility index (Phi) is 4.90. The first-order valence-corrected chi connectivity index (χ1v) is 6.66. The van der Waals surface area contributed by atoms with Crippen LogP contribution in [0.25, 0.3) is 0 Å². The molecule has 5 nitrogen and oxygen atoms in total. The Morgan fingerprint density at radius 2 is 2.33 bits per heavy atom. The second-order valence-corrected chi connectivity index (χ2v) is 4.71. The fourth-order valence-electron chi connectivity index (χ4n) is 2.07. The van der Waals surface area contributed by atoms with Crippen molar-refractivity contribution < 1.29 is 14.0 Å². The van der Waals surface area contributed by atoms with Crippen molar-refractivity contribution in [1.82, 2.24) is 10.6 Å². The van der Waals surface area contributed by atoms with Crippen molar-refractivity contribution in [3.8, 4) is 11.8 Å². The van der Waals surface area contributed by atoms with Crippen molar-refractivity contribution in [1.29, 1.82) is 0 Å². The largest absolute Gasteiger partial charge is 0.352 e. The van der Waals surface area contributed by atoms with Crippen molar-refractivity contribution in [2.75, 3.05) is 13.1 Å². The number of amides is 2. The normalized spacial score (nSPS) is 16.9. The van der Waals surface area contributed by atoms with Crippen molar-refractivity contribution in [3.05, 3.63) is 35.1 Å². The minimum Gasteiger partial charge on any atom is -0.352 e. The number of hydrogen-bond acceptors (Lipinski definition) is 3. The summed E-state index contributed by atoms with van der Waals surface area (Å²) in [6.45, 7) is 0.482. The molecule has 6 heteroatoms. The van der Waals surface area contributed by atoms with E-state index in [1.54, 1.807) is 6.07 Å². The number of halogens is 1. The molecule has 0 aromatic heterocycles. The molecule has 1 unspecified atom stereocenters. The smallest absolute Gasteiger partial charge is 0.254 e. The lowest BCUT2D eigenvalue weighted by Crippen LogP contribution is -2.38. The molecule has 1 aromatic rings. The van der Waals surface area contributed by atoms with Gasteiger partial charge in [-0.25, -0.2) is 4.39 Å². The standard InChI is InChI=1S/C15H16FN3O2/c16-13-8-10(2-1-7-17)3-5-12(13)15(21)18-9-11-4-6-14(20)19-11/h3,5,8,11H,4,6-7,9,17H2,(H,18,21)(H,19,20). The van der Waals surface area contributed by atoms with Crippen LogP contribution in [0.5, 0.6) is 0 Å². The van der Waals surface area contributed by atoms with Crippen LogP contribution >= 0.6 is 0 Å². The lowest BCUT2D eigenvalue weighted by Gasteiger charge is -2.11. The van der Waals surface area contributed by atoms with Crippen LogP contribution in [-0.4, -0.2) is 30.9 Å². The van der Waals surface area contributed by atoms with Gasteiger partial charge in [-0.15, -0.1) is 0 Å². The maximum absolute atomic E-state index is 13.9. The van der Waals surface area contributed by atoms with Gasteiger partial charge in [-0.2, -0.15) is 0 Å². The number of benzene rings is 1. The first-order valence-electron chi connectivity index (χ1n) is 6.66. The predicted octanol–water partition coefficient (Wildman–Crippen LogP) is 0.144. The molecule has 1 aliphatic heterocycles. The third-order valence-corrected chi connectivity index (χ3v) is 3.14. The first kappa shape index (κ1) is 15.0. The van der Waals surface area contributed by atoms with Crippen LogP contribution in [0.4, 0.5) is 4.39 Å². The summed E-state index contributed by atoms with van der Waals surface area (Å²) in [4.78, 5) is 22.9. The molecule has 110 valence electrons. The Hall–Kier alpha value is -2.39. The van der Waals surface area contributed by atoms with Gasteiger partial charge in [-0.1, -0.05) is 11.8 Å². The molecular weight excluding hydrogens is 273 g/mol. The second kappa shape index (κ2) is 6.86. The van der Waals surface area contributed by atoms with Gasteiger partial charge in [-0.3, -0.25) is 9.59 Å². The molecule has 4 N–H and O–H groups in total. The summed E-state index contributed by atoms with van der Waals surface area (Å²) in [6, 6.07) is 4.07. The average Bonchev–Trinajstić information content (AvgIpc) is 2.88. The zero-order chi connectivity index (χ0) is 15.2. The van der Waals surface area contributed by atoms with Crippen LogP contribution in [0.3, 0.4) is 0 Å². The molecule has 1 aliphatic rings. The molecule has 1 saturated heterocycles. The summed E-state index contributed by atoms with van der Waals surface area (Å²) in [7, 11) is 0. The van der Waals surface area contributed by atoms with Crippen LogP contribution in [-0.2, 0) is 4.79 Å². The van der Waals surface area contributed by atoms with Gasteiger partial charge in [0.15, 0.2) is 0 Å². The molecule has 0 bridgehead atoms. The Labute approximate surface area is 122 Å². The number of carbonyl (C=O) groups excluding carboxylic acids is 2. The Bertz CT molecular complexity index is 619. The molecule has 0 spiro atoms. The highest BCUT2D eigenvalue weighted by molar-refractivity contribution is 5.94. The number of nitrogens with two attached hydrogens (primary N) is 1. The fraction of sp³-hybridized carbons (Fsp3) is 0.333. The van der Waals surface area contributed by atoms with E-state index in [9.17, 15) is 14.0 Å². The fourth-order valence-corrected chi connectivity index (χ4v) is 2.07. The molecule has 1 heterocycles. The van der Waals surface area contributed by atoms with Crippen molar-refractivity contribution in [3.63, 3.8) is 0 Å². The maximum atomic E-state index is 13.9. The quantitative estimate of drug-likeness (QED) is 0.692. The number of nitrogens with one attached hydrogen (secondary N) is 2. The van der Waals surface area contributed by atoms with Crippen molar-refractivity contribution in [2.45, 2.75) is 18.9 Å². The average molecular weight is 289 g/mol. The molecule has 0 saturated carbocycles. The van der Waals surface area contributed by atoms with E-state index in [1.807, 2.05) is 0 Å². The second-order valence-electron chi connectivity index (χ2n) is 4.71. The molecular formula is C15H16FN3O2. The van der Waals surface area contributed by atoms with Crippen LogP contribution in [0.1, 0.15) is 28.8 Å². The number of hydrogen-bond donors (Lipinski definition) is 3. The molecule has 2 amide bonds. The Morgan fingerprint density at radius 1 is 1.52 bits per heavy atom. The van der Waals surface area contributed by atoms with Crippen molar-refractivity contribution in [2.24, 2.45) is 5.73 Å². The highest BCUT2D eigenvalue weighted by Crippen LogP contribution is 2.10. The molecule has 2 rings (SSSR count). The van der Waals surface area contributed by atoms with Crippen LogP contribution in [0.2, 0.25) is 0 Å². The summed E-state index contributed by atoms with van der Waals surface area (Å²) < 4.78 is 13.9. The lowest BCUT2D eigenvalue weighted by atomic mass is 10.1. The van der Waals surface area contributed by atoms with Crippen LogP contribution < -0.4 is 16.4 Å². The summed E-state index contributed by atoms with van der Waals surface area (Å²) in [5.74, 6) is 4.15. The van der Waals surface area contributed by atoms with Gasteiger partial charge in [0.05, 0.1) is 12.1 Å². The third kappa shape index (κ3) is 4.04. The van der Waals surface area contributed by atoms with E-state index in [0.29, 0.717) is 24.9 Å². The van der Waals surface area contributed by atoms with Gasteiger partial charge in [0.1, 0.15) is 5.82 Å². The van der Waals surface area contributed by atoms with E-state index in [1.165, 1.54) is 12.1 Å². The minimum absolute atomic E-state index is 0.0248. The Balaban J connectivity index is 1.97. The molecule has 1 fully saturated rings. The highest BCUT2D eigenvalue weighted by atomic mass is 19.1. The molecule has 21 heavy (non-hydrogen) atoms. The van der Waals surface area contributed by atoms with E-state index in [4.69, 9.17) is 5.73 Å². The van der Waals surface area contributed by atoms with E-state index in [0.717, 1.165) is 0 Å². The maximum Gasteiger partial charge on any atom is 0.254 e. The van der Waals surface area contributed by atoms with E-state index in [2.05, 4.69) is 22.5 Å². The topological polar surface area (TPSA) is 84.2 Å². The summed E-state index contributed by atoms with van der Waals surface area (Å²) in [5.41, 5.74) is 5.67. The summed E-state index contributed by atoms with van der Waals surface area (Å²) in [5, 5.41) is 5.35. The minimum atomic E-state index is -0.633. The van der Waals surface area contributed by atoms with E-state index < -0.39 is 11.7 Å². The summed E-state index contributed by atoms with van der Waals surface area (Å²) >= 11 is 0. The molecule has 1 atom stereocenters. The van der Waals surface area contributed by atoms with Gasteiger partial charge in [-0.05, 0) is 24.6 Å². The molecule has 1 aromatic carbocycles. The molecule has 0 aliphatic carbocycles. The van der Waals surface area contributed by atoms with Crippen LogP contribution in [0, 0.1) is 17.7 Å². The summed E-state index contributed by atoms with van der Waals surface area (Å²) in [6.07, 6.45) is 1.14. The van der Waals surface area contributed by atoms with Gasteiger partial charge in [0.25, 0.3) is 5.91 Å². The predicted molar refractivity (Wildman–Crippen MR) is 75.8 cm³/mol. The SMILES string of the molecule is NCC#Cc1ccc(C(=O)NCC2CCC(=O)N2)c(F)c1. The number of carbonyl (C=O) groups is 2. The monoisotopic (exact) mass is 289 g/mol. The van der Waals surface area contributed by atoms with Gasteiger partial charge >= 0.3 is 0 Å². The third-order valence-electron chi connectivity index (χ3n) is 3.14. The Morgan fingerprint density at radius 3 is 2.95 bits per heavy atom. The van der Waals surface area contributed by atoms with E-state index in [-0.39, 0.29) is 24.1 Å². The van der Waals surface area contributed by atoms with E-state index >= 15 is 0 Å². The zero-order valence-electron chi connectivity index (χ0n) is 11.4. The van der Waals surface area contributed by atoms with Gasteiger partial charge < -0.3 is 16.4 Å². The zero-order valence-corrected chi connectivity index (χ0v) is 11.4. The number of rotatable bonds is 3. The van der Waals surface area contributed by atoms with Gasteiger partial charge in [0, 0.05) is 24.6 Å². The van der Waals surface area contributed by atoms with Crippen LogP contribution in [0.15, 0.2) is 18.2 Å². The first-order chi connectivity index (χ1) is 10.1.